The summed E-state index contributed by atoms with van der Waals surface area (Å²) in [5.74, 6) is -2.44. The van der Waals surface area contributed by atoms with Gasteiger partial charge in [0.2, 0.25) is 11.7 Å². The van der Waals surface area contributed by atoms with E-state index in [0.717, 1.165) is 10.6 Å². The number of nitrogens with zero attached hydrogens (tertiary/aromatic N) is 2. The van der Waals surface area contributed by atoms with Gasteiger partial charge in [0.1, 0.15) is 28.7 Å². The quantitative estimate of drug-likeness (QED) is 0.542. The first kappa shape index (κ1) is 23.3. The van der Waals surface area contributed by atoms with Crippen LogP contribution < -0.4 is 16.0 Å². The number of carbonyl (C=O) groups excluding carboxylic acids is 4. The summed E-state index contributed by atoms with van der Waals surface area (Å²) in [6.45, 7) is 3.81. The van der Waals surface area contributed by atoms with Crippen LogP contribution in [0.25, 0.3) is 0 Å². The van der Waals surface area contributed by atoms with Gasteiger partial charge in [-0.05, 0) is 11.5 Å². The lowest BCUT2D eigenvalue weighted by molar-refractivity contribution is -0.140. The van der Waals surface area contributed by atoms with E-state index in [0.29, 0.717) is 11.4 Å². The lowest BCUT2D eigenvalue weighted by Gasteiger charge is -2.24. The van der Waals surface area contributed by atoms with Gasteiger partial charge in [-0.3, -0.25) is 14.4 Å². The Balaban J connectivity index is 1.65. The molecule has 1 aromatic heterocycles. The summed E-state index contributed by atoms with van der Waals surface area (Å²) in [6, 6.07) is 7.05. The van der Waals surface area contributed by atoms with Crippen molar-refractivity contribution in [2.24, 2.45) is 5.92 Å². The smallest absolute Gasteiger partial charge is 0.408 e. The summed E-state index contributed by atoms with van der Waals surface area (Å²) < 4.78 is 5.20. The first-order valence-corrected chi connectivity index (χ1v) is 11.1. The molecule has 32 heavy (non-hydrogen) atoms. The zero-order valence-electron chi connectivity index (χ0n) is 17.8. The lowest BCUT2D eigenvalue weighted by atomic mass is 10.0. The number of ketones is 1. The van der Waals surface area contributed by atoms with E-state index in [1.54, 1.807) is 13.8 Å². The van der Waals surface area contributed by atoms with Gasteiger partial charge in [0.25, 0.3) is 5.91 Å². The number of benzene rings is 1. The topological polar surface area (TPSA) is 139 Å². The van der Waals surface area contributed by atoms with Gasteiger partial charge in [0.05, 0.1) is 0 Å². The Labute approximate surface area is 189 Å². The van der Waals surface area contributed by atoms with Crippen molar-refractivity contribution in [1.29, 1.82) is 0 Å². The van der Waals surface area contributed by atoms with Crippen LogP contribution >= 0.6 is 11.3 Å². The normalized spacial score (nSPS) is 17.3. The van der Waals surface area contributed by atoms with Gasteiger partial charge in [0, 0.05) is 19.4 Å². The summed E-state index contributed by atoms with van der Waals surface area (Å²) in [5.41, 5.74) is 0.808. The molecule has 0 fully saturated rings. The first-order valence-electron chi connectivity index (χ1n) is 10.2. The highest BCUT2D eigenvalue weighted by atomic mass is 32.1. The predicted molar refractivity (Wildman–Crippen MR) is 116 cm³/mol. The minimum absolute atomic E-state index is 0.0406. The number of fused-ring (bicyclic) bond motifs is 2. The summed E-state index contributed by atoms with van der Waals surface area (Å²) in [4.78, 5) is 50.0. The molecule has 0 saturated carbocycles. The molecule has 1 aromatic carbocycles. The second kappa shape index (κ2) is 10.8. The van der Waals surface area contributed by atoms with Gasteiger partial charge in [-0.1, -0.05) is 44.2 Å². The highest BCUT2D eigenvalue weighted by molar-refractivity contribution is 7.11. The van der Waals surface area contributed by atoms with E-state index in [1.165, 1.54) is 11.3 Å². The molecule has 1 aliphatic rings. The molecule has 3 N–H and O–H groups in total. The van der Waals surface area contributed by atoms with E-state index in [4.69, 9.17) is 4.74 Å². The molecule has 2 aromatic rings. The Bertz CT molecular complexity index is 978. The monoisotopic (exact) mass is 459 g/mol. The number of rotatable bonds is 6. The molecule has 0 radical (unpaired) electrons. The van der Waals surface area contributed by atoms with Crippen LogP contribution in [0.1, 0.15) is 29.4 Å². The number of nitrogens with one attached hydrogen (secondary N) is 3. The third kappa shape index (κ3) is 6.33. The lowest BCUT2D eigenvalue weighted by Crippen LogP contribution is -2.56. The maximum absolute atomic E-state index is 12.9. The molecule has 170 valence electrons. The number of ether oxygens (including phenoxy) is 1. The number of hydrogen-bond donors (Lipinski definition) is 3. The predicted octanol–water partition coefficient (Wildman–Crippen LogP) is 0.758. The third-order valence-corrected chi connectivity index (χ3v) is 5.81. The molecule has 0 saturated heterocycles. The maximum atomic E-state index is 12.9. The average molecular weight is 460 g/mol. The Morgan fingerprint density at radius 1 is 1.19 bits per heavy atom. The van der Waals surface area contributed by atoms with Crippen LogP contribution in [0.4, 0.5) is 4.79 Å². The molecule has 2 heterocycles. The highest BCUT2D eigenvalue weighted by Crippen LogP contribution is 2.14. The van der Waals surface area contributed by atoms with Crippen LogP contribution in [-0.2, 0) is 38.6 Å². The fourth-order valence-electron chi connectivity index (χ4n) is 3.07. The van der Waals surface area contributed by atoms with Gasteiger partial charge in [-0.2, -0.15) is 0 Å². The van der Waals surface area contributed by atoms with Gasteiger partial charge >= 0.3 is 6.09 Å². The summed E-state index contributed by atoms with van der Waals surface area (Å²) in [5, 5.41) is 17.0. The first-order chi connectivity index (χ1) is 15.3. The van der Waals surface area contributed by atoms with Crippen LogP contribution in [0.2, 0.25) is 0 Å². The van der Waals surface area contributed by atoms with Crippen molar-refractivity contribution in [2.75, 3.05) is 6.54 Å². The van der Waals surface area contributed by atoms with Crippen molar-refractivity contribution in [2.45, 2.75) is 45.4 Å². The van der Waals surface area contributed by atoms with E-state index in [2.05, 4.69) is 26.1 Å². The maximum Gasteiger partial charge on any atom is 0.408 e. The standard InChI is InChI=1S/C21H25N5O5S/c1-12(2)17(24-21(30)31-11-13-6-4-3-5-7-13)19(28)23-14-10-16-26-25-15(32-16)8-9-22-20(29)18(14)27/h3-7,12,14,17H,8-11H2,1-2H3,(H,22,29)(H,23,28)(H,24,30). The third-order valence-electron chi connectivity index (χ3n) is 4.80. The number of hydrogen-bond acceptors (Lipinski definition) is 8. The molecule has 10 nitrogen and oxygen atoms in total. The Morgan fingerprint density at radius 3 is 2.62 bits per heavy atom. The molecule has 11 heteroatoms. The van der Waals surface area contributed by atoms with E-state index in [1.807, 2.05) is 30.3 Å². The van der Waals surface area contributed by atoms with E-state index >= 15 is 0 Å². The van der Waals surface area contributed by atoms with Crippen molar-refractivity contribution in [1.82, 2.24) is 26.1 Å². The van der Waals surface area contributed by atoms with Crippen molar-refractivity contribution in [3.05, 3.63) is 45.9 Å². The number of amides is 3. The number of aromatic nitrogens is 2. The summed E-state index contributed by atoms with van der Waals surface area (Å²) in [6.07, 6.45) is -0.233. The largest absolute Gasteiger partial charge is 0.445 e. The van der Waals surface area contributed by atoms with E-state index in [-0.39, 0.29) is 25.5 Å². The molecule has 2 bridgehead atoms. The Hall–Kier alpha value is -3.34. The fraction of sp³-hybridized carbons (Fsp3) is 0.429. The molecule has 0 aliphatic carbocycles. The van der Waals surface area contributed by atoms with Gasteiger partial charge in [-0.25, -0.2) is 4.79 Å². The molecular weight excluding hydrogens is 434 g/mol. The molecule has 2 unspecified atom stereocenters. The zero-order chi connectivity index (χ0) is 23.1. The van der Waals surface area contributed by atoms with Crippen LogP contribution in [0, 0.1) is 5.92 Å². The van der Waals surface area contributed by atoms with Crippen molar-refractivity contribution in [3.63, 3.8) is 0 Å². The molecule has 3 amide bonds. The molecular formula is C21H25N5O5S. The fourth-order valence-corrected chi connectivity index (χ4v) is 3.96. The second-order valence-corrected chi connectivity index (χ2v) is 8.80. The SMILES string of the molecule is CC(C)C(NC(=O)OCc1ccccc1)C(=O)NC1Cc2nnc(s2)CCNC(=O)C1=O. The van der Waals surface area contributed by atoms with Crippen LogP contribution in [0.3, 0.4) is 0 Å². The van der Waals surface area contributed by atoms with Crippen LogP contribution in [0.5, 0.6) is 0 Å². The number of carbonyl (C=O) groups is 4. The zero-order valence-corrected chi connectivity index (χ0v) is 18.6. The van der Waals surface area contributed by atoms with Crippen molar-refractivity contribution < 1.29 is 23.9 Å². The van der Waals surface area contributed by atoms with Gasteiger partial charge < -0.3 is 20.7 Å². The number of Topliss-reactive ketones (excluding diaryl/α,β-unsaturated/α-hetero) is 1. The van der Waals surface area contributed by atoms with E-state index < -0.39 is 35.8 Å². The number of alkyl carbamates (subject to hydrolysis) is 1. The molecule has 1 aliphatic heterocycles. The van der Waals surface area contributed by atoms with Gasteiger partial charge in [0.15, 0.2) is 0 Å². The second-order valence-electron chi connectivity index (χ2n) is 7.65. The minimum Gasteiger partial charge on any atom is -0.445 e. The van der Waals surface area contributed by atoms with E-state index in [9.17, 15) is 19.2 Å². The summed E-state index contributed by atoms with van der Waals surface area (Å²) in [7, 11) is 0. The average Bonchev–Trinajstić information content (AvgIpc) is 3.21. The summed E-state index contributed by atoms with van der Waals surface area (Å²) >= 11 is 1.33. The van der Waals surface area contributed by atoms with Gasteiger partial charge in [-0.15, -0.1) is 21.5 Å². The molecule has 3 rings (SSSR count). The molecule has 2 atom stereocenters. The Kier molecular flexibility index (Phi) is 7.87. The molecule has 0 spiro atoms. The van der Waals surface area contributed by atoms with Crippen LogP contribution in [-0.4, -0.2) is 52.5 Å². The van der Waals surface area contributed by atoms with Crippen LogP contribution in [0.15, 0.2) is 30.3 Å². The Morgan fingerprint density at radius 2 is 1.91 bits per heavy atom. The van der Waals surface area contributed by atoms with Crippen molar-refractivity contribution >= 4 is 35.0 Å². The van der Waals surface area contributed by atoms with Crippen molar-refractivity contribution in [3.8, 4) is 0 Å². The highest BCUT2D eigenvalue weighted by Gasteiger charge is 2.33. The minimum atomic E-state index is -1.12.